The summed E-state index contributed by atoms with van der Waals surface area (Å²) in [5, 5.41) is 21.8. The molecule has 0 atom stereocenters. The standard InChI is InChI=1S/C19H13ClN4O2/c20-14-8-6-12(7-9-14)17-13(11-21-22-17)10-16-18(25)23-24(19(16)26)15-4-2-1-3-5-15/h1-11,26H,(H,23,25)/b13-10+. The summed E-state index contributed by atoms with van der Waals surface area (Å²) in [5.41, 5.74) is 2.43. The first-order chi connectivity index (χ1) is 12.6. The van der Waals surface area contributed by atoms with Crippen LogP contribution in [0.3, 0.4) is 0 Å². The highest BCUT2D eigenvalue weighted by Gasteiger charge is 2.18. The Morgan fingerprint density at radius 3 is 2.54 bits per heavy atom. The van der Waals surface area contributed by atoms with Gasteiger partial charge >= 0.3 is 0 Å². The number of H-pyrrole nitrogens is 1. The first-order valence-corrected chi connectivity index (χ1v) is 8.20. The van der Waals surface area contributed by atoms with Gasteiger partial charge in [-0.3, -0.25) is 9.89 Å². The maximum atomic E-state index is 12.3. The highest BCUT2D eigenvalue weighted by atomic mass is 35.5. The van der Waals surface area contributed by atoms with Crippen LogP contribution in [-0.2, 0) is 0 Å². The first-order valence-electron chi connectivity index (χ1n) is 7.82. The number of aromatic nitrogens is 2. The van der Waals surface area contributed by atoms with E-state index < -0.39 is 5.56 Å². The molecule has 2 aromatic carbocycles. The fourth-order valence-corrected chi connectivity index (χ4v) is 2.82. The van der Waals surface area contributed by atoms with Crippen LogP contribution in [0.2, 0.25) is 5.02 Å². The maximum absolute atomic E-state index is 12.3. The van der Waals surface area contributed by atoms with Crippen LogP contribution in [0.5, 0.6) is 5.88 Å². The van der Waals surface area contributed by atoms with Gasteiger partial charge in [-0.05, 0) is 30.3 Å². The lowest BCUT2D eigenvalue weighted by atomic mass is 10.0. The second kappa shape index (κ2) is 6.50. The molecule has 128 valence electrons. The van der Waals surface area contributed by atoms with Gasteiger partial charge in [0.1, 0.15) is 11.3 Å². The number of halogens is 1. The fraction of sp³-hybridized carbons (Fsp3) is 0. The van der Waals surface area contributed by atoms with Crippen molar-refractivity contribution < 1.29 is 5.11 Å². The van der Waals surface area contributed by atoms with Crippen molar-refractivity contribution in [3.05, 3.63) is 86.7 Å². The Balaban J connectivity index is 1.76. The number of benzene rings is 2. The molecule has 2 heterocycles. The Bertz CT molecular complexity index is 1110. The van der Waals surface area contributed by atoms with Crippen LogP contribution < -0.4 is 5.56 Å². The Kier molecular flexibility index (Phi) is 4.02. The number of aromatic hydroxyl groups is 1. The lowest BCUT2D eigenvalue weighted by Crippen LogP contribution is -2.07. The summed E-state index contributed by atoms with van der Waals surface area (Å²) in [7, 11) is 0. The number of aromatic amines is 1. The molecule has 1 aliphatic rings. The quantitative estimate of drug-likeness (QED) is 0.746. The molecule has 0 amide bonds. The van der Waals surface area contributed by atoms with Gasteiger partial charge in [-0.15, -0.1) is 5.10 Å². The summed E-state index contributed by atoms with van der Waals surface area (Å²) in [5.74, 6) is -0.176. The van der Waals surface area contributed by atoms with Crippen molar-refractivity contribution >= 4 is 29.6 Å². The molecule has 3 aromatic rings. The molecule has 0 radical (unpaired) electrons. The van der Waals surface area contributed by atoms with Crippen LogP contribution in [0.25, 0.3) is 11.8 Å². The van der Waals surface area contributed by atoms with Gasteiger partial charge in [0.15, 0.2) is 0 Å². The van der Waals surface area contributed by atoms with Crippen LogP contribution in [0.15, 0.2) is 75.2 Å². The minimum absolute atomic E-state index is 0.138. The van der Waals surface area contributed by atoms with Crippen LogP contribution in [0.1, 0.15) is 11.1 Å². The third-order valence-electron chi connectivity index (χ3n) is 3.97. The van der Waals surface area contributed by atoms with E-state index >= 15 is 0 Å². The van der Waals surface area contributed by atoms with Gasteiger partial charge in [-0.1, -0.05) is 41.9 Å². The molecular formula is C19H13ClN4O2. The fourth-order valence-electron chi connectivity index (χ4n) is 2.69. The summed E-state index contributed by atoms with van der Waals surface area (Å²) in [6.45, 7) is 0. The lowest BCUT2D eigenvalue weighted by molar-refractivity contribution is 0.432. The molecule has 0 aliphatic carbocycles. The molecule has 7 heteroatoms. The molecule has 1 aliphatic heterocycles. The van der Waals surface area contributed by atoms with E-state index in [1.165, 1.54) is 4.68 Å². The van der Waals surface area contributed by atoms with Crippen molar-refractivity contribution in [1.82, 2.24) is 9.78 Å². The Morgan fingerprint density at radius 2 is 1.81 bits per heavy atom. The highest BCUT2D eigenvalue weighted by Crippen LogP contribution is 2.23. The molecular weight excluding hydrogens is 352 g/mol. The molecule has 6 nitrogen and oxygen atoms in total. The Morgan fingerprint density at radius 1 is 1.08 bits per heavy atom. The van der Waals surface area contributed by atoms with Gasteiger partial charge < -0.3 is 5.11 Å². The molecule has 4 rings (SSSR count). The molecule has 1 aromatic heterocycles. The number of allylic oxidation sites excluding steroid dienone is 1. The van der Waals surface area contributed by atoms with Gasteiger partial charge in [-0.25, -0.2) is 4.68 Å². The first kappa shape index (κ1) is 16.1. The minimum Gasteiger partial charge on any atom is -0.493 e. The van der Waals surface area contributed by atoms with Crippen molar-refractivity contribution in [2.75, 3.05) is 0 Å². The largest absolute Gasteiger partial charge is 0.493 e. The van der Waals surface area contributed by atoms with Gasteiger partial charge in [0.25, 0.3) is 5.56 Å². The number of nitrogens with one attached hydrogen (secondary N) is 1. The number of hydrogen-bond acceptors (Lipinski definition) is 4. The summed E-state index contributed by atoms with van der Waals surface area (Å²) < 4.78 is 1.33. The molecule has 0 saturated heterocycles. The van der Waals surface area contributed by atoms with Crippen molar-refractivity contribution in [2.24, 2.45) is 10.2 Å². The number of para-hydroxylation sites is 1. The summed E-state index contributed by atoms with van der Waals surface area (Å²) in [6, 6.07) is 16.2. The number of hydrogen-bond donors (Lipinski definition) is 2. The number of nitrogens with zero attached hydrogens (tertiary/aromatic N) is 3. The molecule has 0 spiro atoms. The summed E-state index contributed by atoms with van der Waals surface area (Å²) >= 11 is 5.92. The normalized spacial score (nSPS) is 14.8. The van der Waals surface area contributed by atoms with Crippen LogP contribution in [-0.4, -0.2) is 26.8 Å². The highest BCUT2D eigenvalue weighted by molar-refractivity contribution is 6.31. The summed E-state index contributed by atoms with van der Waals surface area (Å²) in [6.07, 6.45) is 3.11. The zero-order valence-corrected chi connectivity index (χ0v) is 14.2. The van der Waals surface area contributed by atoms with E-state index in [4.69, 9.17) is 11.6 Å². The SMILES string of the molecule is O=c1[nH]n(-c2ccccc2)c(O)c1/C=C1\C=NN=C1c1ccc(Cl)cc1. The van der Waals surface area contributed by atoms with E-state index in [0.717, 1.165) is 5.56 Å². The van der Waals surface area contributed by atoms with E-state index in [1.54, 1.807) is 36.6 Å². The molecule has 0 saturated carbocycles. The Hall–Kier alpha value is -3.38. The second-order valence-corrected chi connectivity index (χ2v) is 6.09. The van der Waals surface area contributed by atoms with Crippen LogP contribution in [0.4, 0.5) is 0 Å². The molecule has 0 unspecified atom stereocenters. The molecule has 2 N–H and O–H groups in total. The smallest absolute Gasteiger partial charge is 0.275 e. The van der Waals surface area contributed by atoms with Crippen molar-refractivity contribution in [3.63, 3.8) is 0 Å². The average molecular weight is 365 g/mol. The lowest BCUT2D eigenvalue weighted by Gasteiger charge is -2.04. The Labute approximate surface area is 153 Å². The van der Waals surface area contributed by atoms with Crippen molar-refractivity contribution in [1.29, 1.82) is 0 Å². The second-order valence-electron chi connectivity index (χ2n) is 5.65. The number of rotatable bonds is 3. The zero-order valence-electron chi connectivity index (χ0n) is 13.4. The van der Waals surface area contributed by atoms with Crippen LogP contribution >= 0.6 is 11.6 Å². The van der Waals surface area contributed by atoms with Gasteiger partial charge in [0.2, 0.25) is 5.88 Å². The van der Waals surface area contributed by atoms with Crippen molar-refractivity contribution in [3.8, 4) is 11.6 Å². The van der Waals surface area contributed by atoms with Gasteiger partial charge in [-0.2, -0.15) is 5.10 Å². The molecule has 26 heavy (non-hydrogen) atoms. The van der Waals surface area contributed by atoms with E-state index in [0.29, 0.717) is 22.0 Å². The third-order valence-corrected chi connectivity index (χ3v) is 4.22. The molecule has 0 bridgehead atoms. The average Bonchev–Trinajstić information content (AvgIpc) is 3.23. The van der Waals surface area contributed by atoms with E-state index in [1.807, 2.05) is 30.3 Å². The van der Waals surface area contributed by atoms with E-state index in [9.17, 15) is 9.90 Å². The topological polar surface area (TPSA) is 82.7 Å². The van der Waals surface area contributed by atoms with E-state index in [2.05, 4.69) is 15.3 Å². The molecule has 0 fully saturated rings. The predicted molar refractivity (Wildman–Crippen MR) is 103 cm³/mol. The monoisotopic (exact) mass is 364 g/mol. The zero-order chi connectivity index (χ0) is 18.1. The summed E-state index contributed by atoms with van der Waals surface area (Å²) in [4.78, 5) is 12.3. The third kappa shape index (κ3) is 2.87. The maximum Gasteiger partial charge on any atom is 0.275 e. The predicted octanol–water partition coefficient (Wildman–Crippen LogP) is 3.40. The van der Waals surface area contributed by atoms with Gasteiger partial charge in [0, 0.05) is 16.2 Å². The van der Waals surface area contributed by atoms with E-state index in [-0.39, 0.29) is 11.4 Å². The van der Waals surface area contributed by atoms with Crippen molar-refractivity contribution in [2.45, 2.75) is 0 Å². The van der Waals surface area contributed by atoms with Gasteiger partial charge in [0.05, 0.1) is 11.9 Å². The minimum atomic E-state index is -0.408. The van der Waals surface area contributed by atoms with Crippen LogP contribution in [0, 0.1) is 0 Å².